The summed E-state index contributed by atoms with van der Waals surface area (Å²) in [5, 5.41) is 3.27. The highest BCUT2D eigenvalue weighted by molar-refractivity contribution is 5.85. The molecule has 0 spiro atoms. The second-order valence-corrected chi connectivity index (χ2v) is 4.58. The fourth-order valence-corrected chi connectivity index (χ4v) is 2.23. The topological polar surface area (TPSA) is 24.5 Å². The Bertz CT molecular complexity index is 409. The van der Waals surface area contributed by atoms with Gasteiger partial charge in [0, 0.05) is 32.2 Å². The Hall–Kier alpha value is -0.690. The predicted molar refractivity (Wildman–Crippen MR) is 80.5 cm³/mol. The van der Waals surface area contributed by atoms with Crippen LogP contribution in [-0.4, -0.2) is 37.4 Å². The number of halogens is 5. The Balaban J connectivity index is 0.00000200. The van der Waals surface area contributed by atoms with Gasteiger partial charge in [-0.05, 0) is 24.6 Å². The van der Waals surface area contributed by atoms with Crippen LogP contribution in [0, 0.1) is 0 Å². The molecule has 0 radical (unpaired) electrons. The van der Waals surface area contributed by atoms with Crippen molar-refractivity contribution in [3.8, 4) is 5.75 Å². The van der Waals surface area contributed by atoms with Crippen LogP contribution >= 0.6 is 24.8 Å². The van der Waals surface area contributed by atoms with Crippen LogP contribution in [0.4, 0.5) is 13.2 Å². The Labute approximate surface area is 134 Å². The smallest absolute Gasteiger partial charge is 0.406 e. The summed E-state index contributed by atoms with van der Waals surface area (Å²) in [5.41, 5.74) is 0.997. The van der Waals surface area contributed by atoms with E-state index < -0.39 is 6.36 Å². The zero-order chi connectivity index (χ0) is 13.9. The van der Waals surface area contributed by atoms with Gasteiger partial charge in [-0.1, -0.05) is 12.1 Å². The molecule has 122 valence electrons. The maximum atomic E-state index is 12.1. The molecule has 0 unspecified atom stereocenters. The molecule has 1 aromatic rings. The molecule has 1 aromatic carbocycles. The van der Waals surface area contributed by atoms with Crippen LogP contribution in [0.1, 0.15) is 18.5 Å². The lowest BCUT2D eigenvalue weighted by Gasteiger charge is -2.33. The monoisotopic (exact) mass is 346 g/mol. The second kappa shape index (κ2) is 8.68. The third-order valence-corrected chi connectivity index (χ3v) is 3.30. The molecule has 1 N–H and O–H groups in total. The van der Waals surface area contributed by atoms with Gasteiger partial charge in [-0.15, -0.1) is 38.0 Å². The summed E-state index contributed by atoms with van der Waals surface area (Å²) in [7, 11) is 0. The van der Waals surface area contributed by atoms with E-state index in [2.05, 4.69) is 21.9 Å². The molecule has 1 saturated heterocycles. The largest absolute Gasteiger partial charge is 0.573 e. The second-order valence-electron chi connectivity index (χ2n) is 4.58. The molecule has 3 nitrogen and oxygen atoms in total. The van der Waals surface area contributed by atoms with E-state index in [1.807, 2.05) is 0 Å². The minimum Gasteiger partial charge on any atom is -0.406 e. The first-order valence-electron chi connectivity index (χ1n) is 6.26. The summed E-state index contributed by atoms with van der Waals surface area (Å²) in [6.07, 6.45) is -4.63. The van der Waals surface area contributed by atoms with Crippen LogP contribution in [0.5, 0.6) is 5.75 Å². The normalized spacial score (nSPS) is 17.3. The van der Waals surface area contributed by atoms with Crippen molar-refractivity contribution < 1.29 is 17.9 Å². The molecule has 1 heterocycles. The van der Waals surface area contributed by atoms with Crippen molar-refractivity contribution >= 4 is 24.8 Å². The minimum absolute atomic E-state index is 0. The average molecular weight is 347 g/mol. The summed E-state index contributed by atoms with van der Waals surface area (Å²) < 4.78 is 40.0. The molecule has 2 rings (SSSR count). The van der Waals surface area contributed by atoms with Gasteiger partial charge >= 0.3 is 6.36 Å². The zero-order valence-corrected chi connectivity index (χ0v) is 13.2. The van der Waals surface area contributed by atoms with Gasteiger partial charge in [0.1, 0.15) is 5.75 Å². The molecule has 0 saturated carbocycles. The van der Waals surface area contributed by atoms with Crippen LogP contribution in [0.25, 0.3) is 0 Å². The molecular formula is C13H19Cl2F3N2O. The first kappa shape index (κ1) is 20.3. The number of benzene rings is 1. The third kappa shape index (κ3) is 6.30. The number of alkyl halides is 3. The molecule has 1 atom stereocenters. The van der Waals surface area contributed by atoms with Crippen LogP contribution < -0.4 is 10.1 Å². The Morgan fingerprint density at radius 1 is 1.10 bits per heavy atom. The highest BCUT2D eigenvalue weighted by atomic mass is 35.5. The van der Waals surface area contributed by atoms with Crippen molar-refractivity contribution in [2.75, 3.05) is 26.2 Å². The number of ether oxygens (including phenoxy) is 1. The van der Waals surface area contributed by atoms with Crippen molar-refractivity contribution in [1.29, 1.82) is 0 Å². The summed E-state index contributed by atoms with van der Waals surface area (Å²) in [5.74, 6) is -0.177. The van der Waals surface area contributed by atoms with E-state index in [-0.39, 0.29) is 36.6 Å². The van der Waals surface area contributed by atoms with E-state index in [1.54, 1.807) is 12.1 Å². The van der Waals surface area contributed by atoms with E-state index in [1.165, 1.54) is 12.1 Å². The van der Waals surface area contributed by atoms with Crippen LogP contribution in [0.2, 0.25) is 0 Å². The van der Waals surface area contributed by atoms with Gasteiger partial charge < -0.3 is 10.1 Å². The summed E-state index contributed by atoms with van der Waals surface area (Å²) in [4.78, 5) is 2.30. The Kier molecular flexibility index (Phi) is 8.39. The summed E-state index contributed by atoms with van der Waals surface area (Å²) in [6.45, 7) is 5.84. The lowest BCUT2D eigenvalue weighted by molar-refractivity contribution is -0.274. The molecule has 1 aliphatic heterocycles. The van der Waals surface area contributed by atoms with Gasteiger partial charge in [0.2, 0.25) is 0 Å². The first-order chi connectivity index (χ1) is 8.96. The van der Waals surface area contributed by atoms with Crippen LogP contribution in [0.3, 0.4) is 0 Å². The quantitative estimate of drug-likeness (QED) is 0.907. The highest BCUT2D eigenvalue weighted by Crippen LogP contribution is 2.26. The summed E-state index contributed by atoms with van der Waals surface area (Å²) in [6, 6.07) is 6.30. The van der Waals surface area contributed by atoms with Gasteiger partial charge in [-0.2, -0.15) is 0 Å². The van der Waals surface area contributed by atoms with E-state index in [9.17, 15) is 13.2 Å². The predicted octanol–water partition coefficient (Wildman–Crippen LogP) is 3.40. The van der Waals surface area contributed by atoms with Crippen molar-refractivity contribution in [3.63, 3.8) is 0 Å². The highest BCUT2D eigenvalue weighted by Gasteiger charge is 2.31. The Morgan fingerprint density at radius 3 is 2.10 bits per heavy atom. The van der Waals surface area contributed by atoms with Gasteiger partial charge in [-0.3, -0.25) is 4.90 Å². The Morgan fingerprint density at radius 2 is 1.62 bits per heavy atom. The molecule has 0 aliphatic carbocycles. The van der Waals surface area contributed by atoms with E-state index in [0.29, 0.717) is 0 Å². The number of hydrogen-bond donors (Lipinski definition) is 1. The van der Waals surface area contributed by atoms with Gasteiger partial charge in [0.25, 0.3) is 0 Å². The number of nitrogens with zero attached hydrogens (tertiary/aromatic N) is 1. The van der Waals surface area contributed by atoms with Crippen molar-refractivity contribution in [1.82, 2.24) is 10.2 Å². The zero-order valence-electron chi connectivity index (χ0n) is 11.5. The lowest BCUT2D eigenvalue weighted by atomic mass is 10.1. The lowest BCUT2D eigenvalue weighted by Crippen LogP contribution is -2.44. The van der Waals surface area contributed by atoms with E-state index in [0.717, 1.165) is 31.7 Å². The van der Waals surface area contributed by atoms with Gasteiger partial charge in [0.05, 0.1) is 0 Å². The SMILES string of the molecule is C[C@H](c1ccc(OC(F)(F)F)cc1)N1CCNCC1.Cl.Cl. The van der Waals surface area contributed by atoms with Crippen molar-refractivity contribution in [3.05, 3.63) is 29.8 Å². The van der Waals surface area contributed by atoms with Crippen molar-refractivity contribution in [2.45, 2.75) is 19.3 Å². The van der Waals surface area contributed by atoms with E-state index in [4.69, 9.17) is 0 Å². The fourth-order valence-electron chi connectivity index (χ4n) is 2.23. The minimum atomic E-state index is -4.63. The van der Waals surface area contributed by atoms with Gasteiger partial charge in [0.15, 0.2) is 0 Å². The maximum absolute atomic E-state index is 12.1. The molecule has 1 fully saturated rings. The van der Waals surface area contributed by atoms with Gasteiger partial charge in [-0.25, -0.2) is 0 Å². The number of nitrogens with one attached hydrogen (secondary N) is 1. The average Bonchev–Trinajstić information content (AvgIpc) is 2.38. The molecule has 0 aromatic heterocycles. The first-order valence-corrected chi connectivity index (χ1v) is 6.26. The van der Waals surface area contributed by atoms with Crippen molar-refractivity contribution in [2.24, 2.45) is 0 Å². The van der Waals surface area contributed by atoms with Crippen LogP contribution in [-0.2, 0) is 0 Å². The molecule has 21 heavy (non-hydrogen) atoms. The molecule has 8 heteroatoms. The number of hydrogen-bond acceptors (Lipinski definition) is 3. The molecule has 1 aliphatic rings. The third-order valence-electron chi connectivity index (χ3n) is 3.30. The van der Waals surface area contributed by atoms with Crippen LogP contribution in [0.15, 0.2) is 24.3 Å². The number of rotatable bonds is 3. The summed E-state index contributed by atoms with van der Waals surface area (Å²) >= 11 is 0. The molecule has 0 bridgehead atoms. The van der Waals surface area contributed by atoms with E-state index >= 15 is 0 Å². The maximum Gasteiger partial charge on any atom is 0.573 e. The number of piperazine rings is 1. The fraction of sp³-hybridized carbons (Fsp3) is 0.538. The standard InChI is InChI=1S/C13H17F3N2O.2ClH/c1-10(18-8-6-17-7-9-18)11-2-4-12(5-3-11)19-13(14,15)16;;/h2-5,10,17H,6-9H2,1H3;2*1H/t10-;;/m1../s1. The molecule has 0 amide bonds. The molecular weight excluding hydrogens is 328 g/mol.